The Labute approximate surface area is 168 Å². The van der Waals surface area contributed by atoms with Gasteiger partial charge >= 0.3 is 0 Å². The van der Waals surface area contributed by atoms with E-state index in [1.807, 2.05) is 4.90 Å². The lowest BCUT2D eigenvalue weighted by Gasteiger charge is -2.39. The van der Waals surface area contributed by atoms with Crippen molar-refractivity contribution >= 4 is 38.6 Å². The van der Waals surface area contributed by atoms with Crippen molar-refractivity contribution in [1.29, 1.82) is 0 Å². The number of fused-ring (bicyclic) bond motifs is 1. The molecule has 0 N–H and O–H groups in total. The quantitative estimate of drug-likeness (QED) is 0.751. The van der Waals surface area contributed by atoms with Crippen LogP contribution in [0.25, 0.3) is 0 Å². The van der Waals surface area contributed by atoms with Crippen LogP contribution in [-0.2, 0) is 21.2 Å². The molecular weight excluding hydrogens is 400 g/mol. The van der Waals surface area contributed by atoms with Gasteiger partial charge in [0.05, 0.1) is 6.04 Å². The first-order chi connectivity index (χ1) is 13.0. The van der Waals surface area contributed by atoms with Crippen LogP contribution < -0.4 is 0 Å². The lowest BCUT2D eigenvalue weighted by Crippen LogP contribution is -2.47. The van der Waals surface area contributed by atoms with Crippen LogP contribution in [0.4, 0.5) is 0 Å². The van der Waals surface area contributed by atoms with Crippen LogP contribution in [0.15, 0.2) is 33.2 Å². The summed E-state index contributed by atoms with van der Waals surface area (Å²) in [6, 6.07) is 5.73. The van der Waals surface area contributed by atoms with Crippen LogP contribution in [0, 0.1) is 5.92 Å². The van der Waals surface area contributed by atoms with Gasteiger partial charge in [-0.15, -0.1) is 22.7 Å². The predicted molar refractivity (Wildman–Crippen MR) is 109 cm³/mol. The first-order valence-electron chi connectivity index (χ1n) is 9.42. The van der Waals surface area contributed by atoms with E-state index in [0.29, 0.717) is 30.1 Å². The largest absolute Gasteiger partial charge is 0.335 e. The second-order valence-corrected chi connectivity index (χ2v) is 11.2. The SMILES string of the molecule is CCC1c2ccsc2CCN1C(=O)C1CCN(S(=O)(=O)c2cccs2)CC1. The van der Waals surface area contributed by atoms with Crippen LogP contribution >= 0.6 is 22.7 Å². The van der Waals surface area contributed by atoms with Gasteiger partial charge in [-0.05, 0) is 54.1 Å². The van der Waals surface area contributed by atoms with Crippen molar-refractivity contribution in [3.63, 3.8) is 0 Å². The van der Waals surface area contributed by atoms with Crippen LogP contribution in [0.5, 0.6) is 0 Å². The van der Waals surface area contributed by atoms with Gasteiger partial charge in [-0.2, -0.15) is 4.31 Å². The van der Waals surface area contributed by atoms with Gasteiger partial charge < -0.3 is 4.90 Å². The highest BCUT2D eigenvalue weighted by Gasteiger charge is 2.37. The Bertz CT molecular complexity index is 897. The van der Waals surface area contributed by atoms with Crippen molar-refractivity contribution in [3.05, 3.63) is 39.4 Å². The summed E-state index contributed by atoms with van der Waals surface area (Å²) >= 11 is 3.03. The molecule has 2 aromatic heterocycles. The lowest BCUT2D eigenvalue weighted by atomic mass is 9.92. The number of amides is 1. The Balaban J connectivity index is 1.43. The fourth-order valence-corrected chi connectivity index (χ4v) is 7.76. The predicted octanol–water partition coefficient (Wildman–Crippen LogP) is 3.75. The normalized spacial score (nSPS) is 22.0. The summed E-state index contributed by atoms with van der Waals surface area (Å²) < 4.78 is 27.3. The van der Waals surface area contributed by atoms with Gasteiger partial charge in [0.1, 0.15) is 4.21 Å². The average Bonchev–Trinajstić information content (AvgIpc) is 3.38. The smallest absolute Gasteiger partial charge is 0.252 e. The van der Waals surface area contributed by atoms with E-state index < -0.39 is 10.0 Å². The molecule has 1 unspecified atom stereocenters. The van der Waals surface area contributed by atoms with Gasteiger partial charge in [-0.3, -0.25) is 4.79 Å². The van der Waals surface area contributed by atoms with Crippen LogP contribution in [0.1, 0.15) is 42.7 Å². The third-order valence-electron chi connectivity index (χ3n) is 5.66. The molecule has 1 amide bonds. The summed E-state index contributed by atoms with van der Waals surface area (Å²) in [5.41, 5.74) is 1.31. The van der Waals surface area contributed by atoms with E-state index in [2.05, 4.69) is 18.4 Å². The van der Waals surface area contributed by atoms with E-state index >= 15 is 0 Å². The number of piperidine rings is 1. The molecule has 0 bridgehead atoms. The van der Waals surface area contributed by atoms with Crippen molar-refractivity contribution in [2.24, 2.45) is 5.92 Å². The Morgan fingerprint density at radius 3 is 2.59 bits per heavy atom. The fraction of sp³-hybridized carbons (Fsp3) is 0.526. The molecule has 27 heavy (non-hydrogen) atoms. The molecular formula is C19H24N2O3S3. The summed E-state index contributed by atoms with van der Waals surface area (Å²) in [7, 11) is -3.41. The molecule has 2 aromatic rings. The van der Waals surface area contributed by atoms with Gasteiger partial charge in [0.25, 0.3) is 10.0 Å². The van der Waals surface area contributed by atoms with Gasteiger partial charge in [-0.25, -0.2) is 8.42 Å². The molecule has 2 aliphatic heterocycles. The second-order valence-electron chi connectivity index (χ2n) is 7.12. The third-order valence-corrected chi connectivity index (χ3v) is 9.93. The molecule has 0 radical (unpaired) electrons. The molecule has 1 atom stereocenters. The topological polar surface area (TPSA) is 57.7 Å². The highest BCUT2D eigenvalue weighted by Crippen LogP contribution is 2.37. The molecule has 0 spiro atoms. The standard InChI is InChI=1S/C19H24N2O3S3/c1-2-16-15-8-13-25-17(15)7-11-21(16)19(22)14-5-9-20(10-6-14)27(23,24)18-4-3-12-26-18/h3-4,8,12-14,16H,2,5-7,9-11H2,1H3. The Morgan fingerprint density at radius 2 is 1.93 bits per heavy atom. The minimum absolute atomic E-state index is 0.0750. The van der Waals surface area contributed by atoms with E-state index in [1.54, 1.807) is 28.8 Å². The number of hydrogen-bond donors (Lipinski definition) is 0. The van der Waals surface area contributed by atoms with Crippen LogP contribution in [-0.4, -0.2) is 43.2 Å². The maximum absolute atomic E-state index is 13.2. The third kappa shape index (κ3) is 3.48. The lowest BCUT2D eigenvalue weighted by molar-refractivity contribution is -0.139. The number of nitrogens with zero attached hydrogens (tertiary/aromatic N) is 2. The van der Waals surface area contributed by atoms with Crippen molar-refractivity contribution in [2.75, 3.05) is 19.6 Å². The number of carbonyl (C=O) groups is 1. The number of sulfonamides is 1. The molecule has 1 fully saturated rings. The van der Waals surface area contributed by atoms with Crippen molar-refractivity contribution in [3.8, 4) is 0 Å². The first-order valence-corrected chi connectivity index (χ1v) is 12.6. The average molecular weight is 425 g/mol. The van der Waals surface area contributed by atoms with E-state index in [4.69, 9.17) is 0 Å². The van der Waals surface area contributed by atoms with Gasteiger partial charge in [0.15, 0.2) is 0 Å². The van der Waals surface area contributed by atoms with Gasteiger partial charge in [-0.1, -0.05) is 13.0 Å². The summed E-state index contributed by atoms with van der Waals surface area (Å²) in [6.07, 6.45) is 3.06. The number of hydrogen-bond acceptors (Lipinski definition) is 5. The molecule has 4 heterocycles. The zero-order chi connectivity index (χ0) is 19.0. The van der Waals surface area contributed by atoms with Gasteiger partial charge in [0, 0.05) is 30.4 Å². The molecule has 146 valence electrons. The maximum atomic E-state index is 13.2. The zero-order valence-corrected chi connectivity index (χ0v) is 17.8. The fourth-order valence-electron chi connectivity index (χ4n) is 4.22. The molecule has 5 nitrogen and oxygen atoms in total. The number of carbonyl (C=O) groups excluding carboxylic acids is 1. The molecule has 0 aromatic carbocycles. The second kappa shape index (κ2) is 7.66. The minimum Gasteiger partial charge on any atom is -0.335 e. The minimum atomic E-state index is -3.41. The van der Waals surface area contributed by atoms with Crippen molar-refractivity contribution in [2.45, 2.75) is 42.9 Å². The number of thiophene rings is 2. The van der Waals surface area contributed by atoms with E-state index in [1.165, 1.54) is 26.1 Å². The van der Waals surface area contributed by atoms with E-state index in [9.17, 15) is 13.2 Å². The van der Waals surface area contributed by atoms with Crippen molar-refractivity contribution in [1.82, 2.24) is 9.21 Å². The summed E-state index contributed by atoms with van der Waals surface area (Å²) in [4.78, 5) is 16.7. The van der Waals surface area contributed by atoms with Gasteiger partial charge in [0.2, 0.25) is 5.91 Å². The number of rotatable bonds is 4. The Hall–Kier alpha value is -1.22. The highest BCUT2D eigenvalue weighted by molar-refractivity contribution is 7.91. The Kier molecular flexibility index (Phi) is 5.42. The van der Waals surface area contributed by atoms with Crippen LogP contribution in [0.3, 0.4) is 0 Å². The van der Waals surface area contributed by atoms with Crippen LogP contribution in [0.2, 0.25) is 0 Å². The summed E-state index contributed by atoms with van der Waals surface area (Å²) in [6.45, 7) is 3.75. The van der Waals surface area contributed by atoms with E-state index in [0.717, 1.165) is 19.4 Å². The summed E-state index contributed by atoms with van der Waals surface area (Å²) in [5.74, 6) is 0.126. The molecule has 2 aliphatic rings. The summed E-state index contributed by atoms with van der Waals surface area (Å²) in [5, 5.41) is 3.90. The Morgan fingerprint density at radius 1 is 1.15 bits per heavy atom. The molecule has 0 aliphatic carbocycles. The maximum Gasteiger partial charge on any atom is 0.252 e. The zero-order valence-electron chi connectivity index (χ0n) is 15.3. The highest BCUT2D eigenvalue weighted by atomic mass is 32.2. The first kappa shape index (κ1) is 19.1. The van der Waals surface area contributed by atoms with E-state index in [-0.39, 0.29) is 17.9 Å². The monoisotopic (exact) mass is 424 g/mol. The molecule has 4 rings (SSSR count). The molecule has 0 saturated carbocycles. The molecule has 8 heteroatoms. The van der Waals surface area contributed by atoms with Crippen molar-refractivity contribution < 1.29 is 13.2 Å². The molecule has 1 saturated heterocycles.